The number of thioether (sulfide) groups is 1. The Bertz CT molecular complexity index is 1190. The molecule has 0 saturated carbocycles. The maximum Gasteiger partial charge on any atom is 0.216 e. The van der Waals surface area contributed by atoms with Crippen LogP contribution in [0.25, 0.3) is 6.08 Å². The van der Waals surface area contributed by atoms with Gasteiger partial charge in [-0.05, 0) is 66.3 Å². The first-order valence-electron chi connectivity index (χ1n) is 11.9. The van der Waals surface area contributed by atoms with Crippen LogP contribution in [-0.4, -0.2) is 23.8 Å². The van der Waals surface area contributed by atoms with Crippen LogP contribution < -0.4 is 4.74 Å². The van der Waals surface area contributed by atoms with Crippen LogP contribution in [0.1, 0.15) is 69.1 Å². The van der Waals surface area contributed by atoms with Crippen molar-refractivity contribution in [1.29, 1.82) is 0 Å². The molecular weight excluding hydrogens is 440 g/mol. The average Bonchev–Trinajstić information content (AvgIpc) is 3.13. The molecule has 3 nitrogen and oxygen atoms in total. The van der Waals surface area contributed by atoms with Crippen molar-refractivity contribution in [1.82, 2.24) is 0 Å². The first kappa shape index (κ1) is 24.3. The highest BCUT2D eigenvalue weighted by molar-refractivity contribution is 8.14. The smallest absolute Gasteiger partial charge is 0.216 e. The second-order valence-electron chi connectivity index (χ2n) is 9.31. The molecule has 1 atom stereocenters. The monoisotopic (exact) mass is 472 g/mol. The van der Waals surface area contributed by atoms with E-state index < -0.39 is 0 Å². The minimum Gasteiger partial charge on any atom is -0.497 e. The zero-order valence-electron chi connectivity index (χ0n) is 20.6. The summed E-state index contributed by atoms with van der Waals surface area (Å²) in [6.07, 6.45) is 3.31. The lowest BCUT2D eigenvalue weighted by Gasteiger charge is -2.28. The molecule has 1 unspecified atom stereocenters. The number of methoxy groups -OCH3 is 1. The van der Waals surface area contributed by atoms with Gasteiger partial charge in [0.05, 0.1) is 7.11 Å². The molecule has 0 radical (unpaired) electrons. The minimum absolute atomic E-state index is 0.0723. The second kappa shape index (κ2) is 10.2. The molecule has 2 aromatic rings. The van der Waals surface area contributed by atoms with E-state index in [0.29, 0.717) is 18.8 Å². The molecule has 0 fully saturated rings. The van der Waals surface area contributed by atoms with Crippen molar-refractivity contribution >= 4 is 28.7 Å². The number of benzene rings is 2. The quantitative estimate of drug-likeness (QED) is 0.415. The molecular formula is C30H32O3S. The van der Waals surface area contributed by atoms with Crippen molar-refractivity contribution in [2.75, 3.05) is 12.9 Å². The van der Waals surface area contributed by atoms with Gasteiger partial charge in [-0.2, -0.15) is 0 Å². The molecule has 2 aromatic carbocycles. The van der Waals surface area contributed by atoms with Gasteiger partial charge in [0.2, 0.25) is 5.12 Å². The molecule has 0 aliphatic heterocycles. The van der Waals surface area contributed by atoms with E-state index in [1.54, 1.807) is 7.11 Å². The van der Waals surface area contributed by atoms with Crippen LogP contribution in [0.2, 0.25) is 0 Å². The van der Waals surface area contributed by atoms with Crippen molar-refractivity contribution < 1.29 is 14.3 Å². The van der Waals surface area contributed by atoms with Gasteiger partial charge in [-0.25, -0.2) is 0 Å². The normalized spacial score (nSPS) is 19.3. The van der Waals surface area contributed by atoms with Gasteiger partial charge in [0.15, 0.2) is 5.78 Å². The third-order valence-corrected chi connectivity index (χ3v) is 7.50. The summed E-state index contributed by atoms with van der Waals surface area (Å²) in [6.45, 7) is 8.39. The molecule has 2 aliphatic rings. The predicted octanol–water partition coefficient (Wildman–Crippen LogP) is 7.26. The molecule has 176 valence electrons. The summed E-state index contributed by atoms with van der Waals surface area (Å²) >= 11 is 1.33. The molecule has 34 heavy (non-hydrogen) atoms. The van der Waals surface area contributed by atoms with Gasteiger partial charge in [-0.15, -0.1) is 0 Å². The van der Waals surface area contributed by atoms with Gasteiger partial charge in [-0.3, -0.25) is 9.59 Å². The van der Waals surface area contributed by atoms with Crippen molar-refractivity contribution in [2.45, 2.75) is 52.4 Å². The molecule has 0 N–H and O–H groups in total. The van der Waals surface area contributed by atoms with Crippen LogP contribution in [-0.2, 0) is 9.59 Å². The maximum atomic E-state index is 13.8. The Kier molecular flexibility index (Phi) is 7.27. The highest BCUT2D eigenvalue weighted by Gasteiger charge is 2.41. The van der Waals surface area contributed by atoms with Gasteiger partial charge in [0.25, 0.3) is 0 Å². The summed E-state index contributed by atoms with van der Waals surface area (Å²) in [5, 5.41) is 0.0878. The Hall–Kier alpha value is -2.85. The predicted molar refractivity (Wildman–Crippen MR) is 141 cm³/mol. The number of carbonyl (C=O) groups is 2. The lowest BCUT2D eigenvalue weighted by Crippen LogP contribution is -2.21. The fraction of sp³-hybridized carbons (Fsp3) is 0.333. The van der Waals surface area contributed by atoms with Crippen LogP contribution in [0, 0.1) is 0 Å². The number of allylic oxidation sites excluding steroid dienone is 4. The van der Waals surface area contributed by atoms with E-state index in [-0.39, 0.29) is 16.8 Å². The topological polar surface area (TPSA) is 43.4 Å². The fourth-order valence-electron chi connectivity index (χ4n) is 4.96. The second-order valence-corrected chi connectivity index (χ2v) is 10.5. The molecule has 0 heterocycles. The highest BCUT2D eigenvalue weighted by Crippen LogP contribution is 2.49. The largest absolute Gasteiger partial charge is 0.497 e. The zero-order valence-corrected chi connectivity index (χ0v) is 21.4. The van der Waals surface area contributed by atoms with Gasteiger partial charge in [-0.1, -0.05) is 80.1 Å². The first-order chi connectivity index (χ1) is 16.3. The first-order valence-corrected chi connectivity index (χ1v) is 12.9. The summed E-state index contributed by atoms with van der Waals surface area (Å²) in [4.78, 5) is 27.0. The number of ether oxygens (including phenoxy) is 1. The van der Waals surface area contributed by atoms with Crippen molar-refractivity contribution in [3.8, 4) is 5.75 Å². The van der Waals surface area contributed by atoms with Crippen molar-refractivity contribution in [2.24, 2.45) is 0 Å². The molecule has 0 aromatic heterocycles. The Morgan fingerprint density at radius 1 is 1.09 bits per heavy atom. The Morgan fingerprint density at radius 3 is 2.35 bits per heavy atom. The Morgan fingerprint density at radius 2 is 1.76 bits per heavy atom. The summed E-state index contributed by atoms with van der Waals surface area (Å²) in [7, 11) is 1.64. The summed E-state index contributed by atoms with van der Waals surface area (Å²) in [5.41, 5.74) is 7.88. The third-order valence-electron chi connectivity index (χ3n) is 6.73. The zero-order chi connectivity index (χ0) is 24.4. The molecule has 0 amide bonds. The lowest BCUT2D eigenvalue weighted by atomic mass is 9.75. The van der Waals surface area contributed by atoms with Crippen molar-refractivity contribution in [3.05, 3.63) is 93.1 Å². The fourth-order valence-corrected chi connectivity index (χ4v) is 5.67. The molecule has 0 saturated heterocycles. The molecule has 0 bridgehead atoms. The number of Topliss-reactive ketones (excluding diaryl/α,β-unsaturated/α-hetero) is 1. The van der Waals surface area contributed by atoms with E-state index in [1.807, 2.05) is 37.3 Å². The SMILES string of the molecule is CCSC(=O)C1=C(C)CC2=C(C(=O)C(=Cc3ccc(OC)cc3)C2)C1c1ccc(C(C)C)cc1. The average molecular weight is 473 g/mol. The highest BCUT2D eigenvalue weighted by atomic mass is 32.2. The maximum absolute atomic E-state index is 13.8. The van der Waals surface area contributed by atoms with E-state index in [1.165, 1.54) is 17.3 Å². The van der Waals surface area contributed by atoms with Crippen molar-refractivity contribution in [3.63, 3.8) is 0 Å². The molecule has 0 spiro atoms. The number of rotatable bonds is 6. The van der Waals surface area contributed by atoms with E-state index in [0.717, 1.165) is 50.5 Å². The lowest BCUT2D eigenvalue weighted by molar-refractivity contribution is -0.112. The molecule has 4 rings (SSSR count). The summed E-state index contributed by atoms with van der Waals surface area (Å²) in [6, 6.07) is 16.2. The van der Waals surface area contributed by atoms with Gasteiger partial charge in [0.1, 0.15) is 5.75 Å². The van der Waals surface area contributed by atoms with Gasteiger partial charge in [0, 0.05) is 22.6 Å². The number of carbonyl (C=O) groups excluding carboxylic acids is 2. The van der Waals surface area contributed by atoms with Crippen LogP contribution >= 0.6 is 11.8 Å². The van der Waals surface area contributed by atoms with Crippen LogP contribution in [0.4, 0.5) is 0 Å². The van der Waals surface area contributed by atoms with E-state index in [4.69, 9.17) is 4.74 Å². The van der Waals surface area contributed by atoms with Gasteiger partial charge >= 0.3 is 0 Å². The number of hydrogen-bond donors (Lipinski definition) is 0. The minimum atomic E-state index is -0.300. The summed E-state index contributed by atoms with van der Waals surface area (Å²) < 4.78 is 5.25. The molecule has 2 aliphatic carbocycles. The number of hydrogen-bond acceptors (Lipinski definition) is 4. The standard InChI is InChI=1S/C30H32O3S/c1-6-34-30(32)26-19(4)15-23-17-24(16-20-7-13-25(33-5)14-8-20)29(31)28(23)27(26)22-11-9-21(10-12-22)18(2)3/h7-14,16,18,27H,6,15,17H2,1-5H3. The van der Waals surface area contributed by atoms with Crippen LogP contribution in [0.15, 0.2) is 76.4 Å². The Labute approximate surface area is 207 Å². The van der Waals surface area contributed by atoms with E-state index in [9.17, 15) is 9.59 Å². The van der Waals surface area contributed by atoms with Crippen LogP contribution in [0.3, 0.4) is 0 Å². The van der Waals surface area contributed by atoms with E-state index in [2.05, 4.69) is 45.0 Å². The third kappa shape index (κ3) is 4.69. The molecule has 4 heteroatoms. The summed E-state index contributed by atoms with van der Waals surface area (Å²) in [5.74, 6) is 1.71. The number of ketones is 1. The van der Waals surface area contributed by atoms with E-state index >= 15 is 0 Å². The Balaban J connectivity index is 1.76. The van der Waals surface area contributed by atoms with Crippen LogP contribution in [0.5, 0.6) is 5.75 Å². The van der Waals surface area contributed by atoms with Gasteiger partial charge < -0.3 is 4.74 Å².